The third-order valence-corrected chi connectivity index (χ3v) is 4.76. The molecule has 0 spiro atoms. The number of benzene rings is 1. The molecular formula is C14H17BrN2O3. The summed E-state index contributed by atoms with van der Waals surface area (Å²) in [4.78, 5) is 13.7. The number of halogens is 1. The van der Waals surface area contributed by atoms with Crippen molar-refractivity contribution < 1.29 is 15.0 Å². The number of nitrogens with one attached hydrogen (secondary N) is 1. The molecule has 2 heterocycles. The van der Waals surface area contributed by atoms with Crippen LogP contribution in [0.4, 0.5) is 11.4 Å². The van der Waals surface area contributed by atoms with Crippen molar-refractivity contribution in [3.63, 3.8) is 0 Å². The quantitative estimate of drug-likeness (QED) is 0.726. The standard InChI is InChI=1S/C14H17BrN2O3/c1-7-6-17(3-2-12(7)18)11-5-10-8(4-9(11)15)13(19)14(20)16-10/h4-5,7,12-13,18-19H,2-3,6H2,1H3,(H,16,20). The molecule has 3 rings (SSSR count). The molecule has 3 N–H and O–H groups in total. The van der Waals surface area contributed by atoms with Crippen molar-refractivity contribution in [2.45, 2.75) is 25.6 Å². The summed E-state index contributed by atoms with van der Waals surface area (Å²) in [6.45, 7) is 3.58. The van der Waals surface area contributed by atoms with Crippen LogP contribution in [0.15, 0.2) is 16.6 Å². The first-order valence-corrected chi connectivity index (χ1v) is 7.52. The van der Waals surface area contributed by atoms with Gasteiger partial charge in [0.05, 0.1) is 11.8 Å². The third kappa shape index (κ3) is 2.21. The summed E-state index contributed by atoms with van der Waals surface area (Å²) in [6.07, 6.45) is -0.599. The van der Waals surface area contributed by atoms with Gasteiger partial charge in [-0.05, 0) is 40.4 Å². The molecule has 1 fully saturated rings. The minimum absolute atomic E-state index is 0.212. The van der Waals surface area contributed by atoms with E-state index in [1.54, 1.807) is 6.07 Å². The molecule has 20 heavy (non-hydrogen) atoms. The first-order valence-electron chi connectivity index (χ1n) is 6.72. The lowest BCUT2D eigenvalue weighted by atomic mass is 9.96. The largest absolute Gasteiger partial charge is 0.393 e. The summed E-state index contributed by atoms with van der Waals surface area (Å²) in [5.74, 6) is -0.171. The van der Waals surface area contributed by atoms with E-state index in [2.05, 4.69) is 26.1 Å². The molecule has 0 aliphatic carbocycles. The Morgan fingerprint density at radius 2 is 2.15 bits per heavy atom. The van der Waals surface area contributed by atoms with Crippen LogP contribution in [-0.4, -0.2) is 35.3 Å². The van der Waals surface area contributed by atoms with Gasteiger partial charge in [-0.25, -0.2) is 0 Å². The van der Waals surface area contributed by atoms with E-state index in [0.29, 0.717) is 11.3 Å². The lowest BCUT2D eigenvalue weighted by Gasteiger charge is -2.36. The lowest BCUT2D eigenvalue weighted by Crippen LogP contribution is -2.42. The molecule has 1 aromatic carbocycles. The highest BCUT2D eigenvalue weighted by atomic mass is 79.9. The van der Waals surface area contributed by atoms with Gasteiger partial charge in [0.1, 0.15) is 0 Å². The minimum atomic E-state index is -1.09. The topological polar surface area (TPSA) is 72.8 Å². The van der Waals surface area contributed by atoms with Crippen molar-refractivity contribution in [3.8, 4) is 0 Å². The molecule has 108 valence electrons. The summed E-state index contributed by atoms with van der Waals surface area (Å²) in [6, 6.07) is 3.68. The van der Waals surface area contributed by atoms with Gasteiger partial charge >= 0.3 is 0 Å². The molecule has 0 bridgehead atoms. The Labute approximate surface area is 125 Å². The van der Waals surface area contributed by atoms with Crippen molar-refractivity contribution in [3.05, 3.63) is 22.2 Å². The predicted molar refractivity (Wildman–Crippen MR) is 79.7 cm³/mol. The minimum Gasteiger partial charge on any atom is -0.393 e. The number of aliphatic hydroxyl groups is 2. The van der Waals surface area contributed by atoms with E-state index >= 15 is 0 Å². The van der Waals surface area contributed by atoms with Crippen LogP contribution < -0.4 is 10.2 Å². The summed E-state index contributed by atoms with van der Waals surface area (Å²) < 4.78 is 0.857. The van der Waals surface area contributed by atoms with E-state index in [0.717, 1.165) is 29.7 Å². The Balaban J connectivity index is 1.92. The van der Waals surface area contributed by atoms with Gasteiger partial charge < -0.3 is 20.4 Å². The maximum atomic E-state index is 11.5. The Morgan fingerprint density at radius 1 is 1.40 bits per heavy atom. The highest BCUT2D eigenvalue weighted by molar-refractivity contribution is 9.10. The van der Waals surface area contributed by atoms with Crippen molar-refractivity contribution in [2.24, 2.45) is 5.92 Å². The summed E-state index contributed by atoms with van der Waals surface area (Å²) in [5, 5.41) is 22.3. The number of aliphatic hydroxyl groups excluding tert-OH is 2. The molecule has 0 aromatic heterocycles. The van der Waals surface area contributed by atoms with Crippen LogP contribution in [0.3, 0.4) is 0 Å². The highest BCUT2D eigenvalue weighted by Crippen LogP contribution is 2.40. The van der Waals surface area contributed by atoms with Gasteiger partial charge in [0.15, 0.2) is 6.10 Å². The Hall–Kier alpha value is -1.11. The molecule has 2 aliphatic heterocycles. The molecule has 5 nitrogen and oxygen atoms in total. The van der Waals surface area contributed by atoms with Gasteiger partial charge in [-0.3, -0.25) is 4.79 Å². The van der Waals surface area contributed by atoms with E-state index < -0.39 is 6.10 Å². The molecule has 3 unspecified atom stereocenters. The van der Waals surface area contributed by atoms with E-state index in [1.807, 2.05) is 13.0 Å². The highest BCUT2D eigenvalue weighted by Gasteiger charge is 2.31. The second kappa shape index (κ2) is 5.02. The summed E-state index contributed by atoms with van der Waals surface area (Å²) in [5.41, 5.74) is 2.26. The van der Waals surface area contributed by atoms with Gasteiger partial charge in [-0.15, -0.1) is 0 Å². The average Bonchev–Trinajstić information content (AvgIpc) is 2.68. The van der Waals surface area contributed by atoms with Crippen LogP contribution in [-0.2, 0) is 4.79 Å². The number of anilines is 2. The van der Waals surface area contributed by atoms with Crippen molar-refractivity contribution >= 4 is 33.2 Å². The Kier molecular flexibility index (Phi) is 3.48. The van der Waals surface area contributed by atoms with Crippen molar-refractivity contribution in [1.82, 2.24) is 0 Å². The summed E-state index contributed by atoms with van der Waals surface area (Å²) >= 11 is 3.51. The van der Waals surface area contributed by atoms with Crippen LogP contribution >= 0.6 is 15.9 Å². The maximum absolute atomic E-state index is 11.5. The monoisotopic (exact) mass is 340 g/mol. The number of rotatable bonds is 1. The van der Waals surface area contributed by atoms with Gasteiger partial charge in [0.25, 0.3) is 5.91 Å². The third-order valence-electron chi connectivity index (χ3n) is 4.12. The van der Waals surface area contributed by atoms with E-state index in [9.17, 15) is 15.0 Å². The lowest BCUT2D eigenvalue weighted by molar-refractivity contribution is -0.123. The molecule has 3 atom stereocenters. The molecule has 1 saturated heterocycles. The van der Waals surface area contributed by atoms with Crippen LogP contribution in [0.5, 0.6) is 0 Å². The fourth-order valence-electron chi connectivity index (χ4n) is 2.85. The van der Waals surface area contributed by atoms with E-state index in [1.165, 1.54) is 0 Å². The normalized spacial score (nSPS) is 29.3. The molecule has 6 heteroatoms. The zero-order valence-electron chi connectivity index (χ0n) is 11.1. The molecule has 1 aromatic rings. The van der Waals surface area contributed by atoms with Gasteiger partial charge in [-0.1, -0.05) is 6.92 Å². The van der Waals surface area contributed by atoms with E-state index in [-0.39, 0.29) is 17.9 Å². The van der Waals surface area contributed by atoms with Crippen molar-refractivity contribution in [2.75, 3.05) is 23.3 Å². The van der Waals surface area contributed by atoms with Gasteiger partial charge in [0.2, 0.25) is 0 Å². The number of piperidine rings is 1. The number of fused-ring (bicyclic) bond motifs is 1. The smallest absolute Gasteiger partial charge is 0.257 e. The van der Waals surface area contributed by atoms with Crippen LogP contribution in [0.2, 0.25) is 0 Å². The molecule has 2 aliphatic rings. The number of amides is 1. The zero-order chi connectivity index (χ0) is 14.4. The molecule has 0 saturated carbocycles. The maximum Gasteiger partial charge on any atom is 0.257 e. The fraction of sp³-hybridized carbons (Fsp3) is 0.500. The molecule has 0 radical (unpaired) electrons. The zero-order valence-corrected chi connectivity index (χ0v) is 12.7. The van der Waals surface area contributed by atoms with Gasteiger partial charge in [0, 0.05) is 28.8 Å². The van der Waals surface area contributed by atoms with Gasteiger partial charge in [-0.2, -0.15) is 0 Å². The van der Waals surface area contributed by atoms with Crippen LogP contribution in [0, 0.1) is 5.92 Å². The second-order valence-corrected chi connectivity index (χ2v) is 6.42. The number of carbonyl (C=O) groups is 1. The second-order valence-electron chi connectivity index (χ2n) is 5.56. The first-order chi connectivity index (χ1) is 9.47. The first kappa shape index (κ1) is 13.9. The Morgan fingerprint density at radius 3 is 2.85 bits per heavy atom. The fourth-order valence-corrected chi connectivity index (χ4v) is 3.46. The predicted octanol–water partition coefficient (Wildman–Crippen LogP) is 1.64. The van der Waals surface area contributed by atoms with Crippen LogP contribution in [0.1, 0.15) is 25.0 Å². The van der Waals surface area contributed by atoms with E-state index in [4.69, 9.17) is 0 Å². The van der Waals surface area contributed by atoms with Crippen LogP contribution in [0.25, 0.3) is 0 Å². The molecular weight excluding hydrogens is 324 g/mol. The number of hydrogen-bond acceptors (Lipinski definition) is 4. The summed E-state index contributed by atoms with van der Waals surface area (Å²) in [7, 11) is 0. The molecule has 1 amide bonds. The number of hydrogen-bond donors (Lipinski definition) is 3. The average molecular weight is 341 g/mol. The number of nitrogens with zero attached hydrogens (tertiary/aromatic N) is 1. The Bertz CT molecular complexity index is 564. The SMILES string of the molecule is CC1CN(c2cc3c(cc2Br)C(O)C(=O)N3)CCC1O. The number of carbonyl (C=O) groups excluding carboxylic acids is 1. The van der Waals surface area contributed by atoms with Crippen molar-refractivity contribution in [1.29, 1.82) is 0 Å².